The summed E-state index contributed by atoms with van der Waals surface area (Å²) in [5.74, 6) is 0. The van der Waals surface area contributed by atoms with Gasteiger partial charge in [0, 0.05) is 6.61 Å². The van der Waals surface area contributed by atoms with Crippen molar-refractivity contribution in [1.29, 1.82) is 0 Å². The average Bonchev–Trinajstić information content (AvgIpc) is 2.69. The molecule has 0 aromatic rings. The van der Waals surface area contributed by atoms with E-state index in [0.717, 1.165) is 6.42 Å². The van der Waals surface area contributed by atoms with E-state index in [4.69, 9.17) is 10.2 Å². The molecule has 0 rings (SSSR count). The number of aliphatic hydroxyl groups excluding tert-OH is 2. The van der Waals surface area contributed by atoms with Gasteiger partial charge in [0.1, 0.15) is 0 Å². The summed E-state index contributed by atoms with van der Waals surface area (Å²) in [5, 5.41) is 16.9. The summed E-state index contributed by atoms with van der Waals surface area (Å²) in [6.45, 7) is 3.94. The summed E-state index contributed by atoms with van der Waals surface area (Å²) in [7, 11) is -3.87. The second-order valence-corrected chi connectivity index (χ2v) is 8.38. The Kier molecular flexibility index (Phi) is 26.6. The van der Waals surface area contributed by atoms with Crippen LogP contribution in [0.15, 0.2) is 0 Å². The molecule has 7 heteroatoms. The molecule has 0 aromatic heterocycles. The van der Waals surface area contributed by atoms with E-state index >= 15 is 0 Å². The summed E-state index contributed by atoms with van der Waals surface area (Å²) in [6.07, 6.45) is 19.8. The normalized spacial score (nSPS) is 11.3. The third kappa shape index (κ3) is 28.0. The minimum absolute atomic E-state index is 0.105. The monoisotopic (exact) mass is 426 g/mol. The lowest BCUT2D eigenvalue weighted by Gasteiger charge is -2.02. The van der Waals surface area contributed by atoms with Gasteiger partial charge in [-0.15, -0.1) is 0 Å². The molecule has 0 unspecified atom stereocenters. The summed E-state index contributed by atoms with van der Waals surface area (Å²) >= 11 is 0. The lowest BCUT2D eigenvalue weighted by molar-refractivity contribution is 0.168. The Morgan fingerprint density at radius 1 is 0.536 bits per heavy atom. The molecule has 0 bridgehead atoms. The quantitative estimate of drug-likeness (QED) is 0.262. The Labute approximate surface area is 174 Å². The van der Waals surface area contributed by atoms with Gasteiger partial charge in [-0.3, -0.25) is 0 Å². The fourth-order valence-electron chi connectivity index (χ4n) is 2.67. The first-order chi connectivity index (χ1) is 13.5. The smallest absolute Gasteiger partial charge is 0.396 e. The molecule has 0 heterocycles. The maximum absolute atomic E-state index is 10.6. The summed E-state index contributed by atoms with van der Waals surface area (Å²) in [5.41, 5.74) is 0. The highest BCUT2D eigenvalue weighted by Gasteiger charge is 2.09. The van der Waals surface area contributed by atoms with Gasteiger partial charge < -0.3 is 10.2 Å². The van der Waals surface area contributed by atoms with Crippen molar-refractivity contribution in [2.24, 2.45) is 0 Å². The zero-order chi connectivity index (χ0) is 21.3. The predicted molar refractivity (Wildman–Crippen MR) is 116 cm³/mol. The van der Waals surface area contributed by atoms with Gasteiger partial charge in [0.2, 0.25) is 0 Å². The molecular weight excluding hydrogens is 380 g/mol. The van der Waals surface area contributed by atoms with Gasteiger partial charge in [0.25, 0.3) is 0 Å². The molecule has 6 nitrogen and oxygen atoms in total. The molecule has 0 fully saturated rings. The third-order valence-electron chi connectivity index (χ3n) is 4.26. The van der Waals surface area contributed by atoms with Crippen LogP contribution in [0.5, 0.6) is 0 Å². The van der Waals surface area contributed by atoms with Crippen molar-refractivity contribution < 1.29 is 27.0 Å². The molecule has 0 amide bonds. The van der Waals surface area contributed by atoms with Crippen LogP contribution in [-0.4, -0.2) is 45.1 Å². The van der Waals surface area contributed by atoms with Crippen molar-refractivity contribution >= 4 is 10.4 Å². The van der Waals surface area contributed by atoms with Gasteiger partial charge in [-0.25, -0.2) is 8.37 Å². The first-order valence-electron chi connectivity index (χ1n) is 11.3. The minimum atomic E-state index is -3.87. The van der Waals surface area contributed by atoms with Crippen molar-refractivity contribution in [3.05, 3.63) is 0 Å². The molecule has 0 saturated carbocycles. The van der Waals surface area contributed by atoms with Gasteiger partial charge in [-0.2, -0.15) is 8.42 Å². The van der Waals surface area contributed by atoms with Crippen molar-refractivity contribution in [1.82, 2.24) is 0 Å². The molecule has 0 aliphatic rings. The van der Waals surface area contributed by atoms with E-state index in [-0.39, 0.29) is 19.8 Å². The highest BCUT2D eigenvalue weighted by molar-refractivity contribution is 7.81. The summed E-state index contributed by atoms with van der Waals surface area (Å²) < 4.78 is 29.7. The molecule has 172 valence electrons. The van der Waals surface area contributed by atoms with E-state index in [1.54, 1.807) is 6.92 Å². The van der Waals surface area contributed by atoms with Crippen LogP contribution in [0, 0.1) is 0 Å². The molecule has 28 heavy (non-hydrogen) atoms. The Balaban J connectivity index is 0. The maximum Gasteiger partial charge on any atom is 0.399 e. The van der Waals surface area contributed by atoms with E-state index in [0.29, 0.717) is 13.0 Å². The molecule has 0 spiro atoms. The van der Waals surface area contributed by atoms with Crippen molar-refractivity contribution in [2.75, 3.05) is 26.4 Å². The number of hydrogen-bond donors (Lipinski definition) is 2. The molecule has 0 saturated heterocycles. The lowest BCUT2D eigenvalue weighted by Crippen LogP contribution is -2.13. The number of hydrogen-bond acceptors (Lipinski definition) is 6. The predicted octanol–water partition coefficient (Wildman–Crippen LogP) is 5.13. The summed E-state index contributed by atoms with van der Waals surface area (Å²) in [4.78, 5) is 0. The topological polar surface area (TPSA) is 93.1 Å². The fraction of sp³-hybridized carbons (Fsp3) is 1.00. The van der Waals surface area contributed by atoms with E-state index in [9.17, 15) is 8.42 Å². The third-order valence-corrected chi connectivity index (χ3v) is 5.17. The van der Waals surface area contributed by atoms with Gasteiger partial charge in [0.15, 0.2) is 0 Å². The second-order valence-electron chi connectivity index (χ2n) is 7.10. The maximum atomic E-state index is 10.6. The average molecular weight is 427 g/mol. The van der Waals surface area contributed by atoms with Crippen molar-refractivity contribution in [2.45, 2.75) is 110 Å². The molecule has 0 aliphatic carbocycles. The van der Waals surface area contributed by atoms with Crippen LogP contribution in [0.1, 0.15) is 110 Å². The molecule has 0 atom stereocenters. The first-order valence-corrected chi connectivity index (χ1v) is 12.6. The van der Waals surface area contributed by atoms with Gasteiger partial charge in [-0.1, -0.05) is 97.3 Å². The van der Waals surface area contributed by atoms with Crippen LogP contribution in [0.25, 0.3) is 0 Å². The Morgan fingerprint density at radius 3 is 1.29 bits per heavy atom. The summed E-state index contributed by atoms with van der Waals surface area (Å²) in [6, 6.07) is 0. The Morgan fingerprint density at radius 2 is 0.929 bits per heavy atom. The number of rotatable bonds is 20. The zero-order valence-corrected chi connectivity index (χ0v) is 19.2. The highest BCUT2D eigenvalue weighted by Crippen LogP contribution is 2.12. The molecular formula is C21H46O6S. The molecule has 0 radical (unpaired) electrons. The second kappa shape index (κ2) is 24.8. The van der Waals surface area contributed by atoms with E-state index in [1.165, 1.54) is 83.5 Å². The molecule has 2 N–H and O–H groups in total. The zero-order valence-electron chi connectivity index (χ0n) is 18.4. The van der Waals surface area contributed by atoms with E-state index in [2.05, 4.69) is 15.3 Å². The molecule has 0 aromatic carbocycles. The van der Waals surface area contributed by atoms with Crippen molar-refractivity contribution in [3.63, 3.8) is 0 Å². The van der Waals surface area contributed by atoms with Gasteiger partial charge in [0.05, 0.1) is 19.8 Å². The van der Waals surface area contributed by atoms with Crippen LogP contribution < -0.4 is 0 Å². The van der Waals surface area contributed by atoms with Crippen LogP contribution in [0.4, 0.5) is 0 Å². The Bertz CT molecular complexity index is 345. The lowest BCUT2D eigenvalue weighted by atomic mass is 10.0. The first kappa shape index (κ1) is 30.0. The van der Waals surface area contributed by atoms with Crippen LogP contribution in [-0.2, 0) is 18.8 Å². The molecule has 0 aliphatic heterocycles. The highest BCUT2D eigenvalue weighted by atomic mass is 32.3. The van der Waals surface area contributed by atoms with Crippen LogP contribution in [0.3, 0.4) is 0 Å². The van der Waals surface area contributed by atoms with E-state index in [1.807, 2.05) is 0 Å². The van der Waals surface area contributed by atoms with Crippen LogP contribution >= 0.6 is 0 Å². The fourth-order valence-corrected chi connectivity index (χ4v) is 3.38. The number of unbranched alkanes of at least 4 members (excludes halogenated alkanes) is 13. The van der Waals surface area contributed by atoms with Gasteiger partial charge in [-0.05, 0) is 12.8 Å². The largest absolute Gasteiger partial charge is 0.399 e. The van der Waals surface area contributed by atoms with Crippen molar-refractivity contribution in [3.8, 4) is 0 Å². The van der Waals surface area contributed by atoms with E-state index < -0.39 is 10.4 Å². The SMILES string of the molecule is CCCCCCCCCCCCCCCCO.CCCOS(=O)(=O)OCCO. The number of aliphatic hydroxyl groups is 2. The van der Waals surface area contributed by atoms with Crippen LogP contribution in [0.2, 0.25) is 0 Å². The van der Waals surface area contributed by atoms with Gasteiger partial charge >= 0.3 is 10.4 Å². The minimum Gasteiger partial charge on any atom is -0.396 e. The Hall–Kier alpha value is -0.210. The standard InChI is InChI=1S/C16H34O.C5H12O5S/c1-2-3-4-5-6-7-8-9-10-11-12-13-14-15-16-17;1-2-4-9-11(7,8)10-5-3-6/h17H,2-16H2,1H3;6H,2-5H2,1H3.